The quantitative estimate of drug-likeness (QED) is 0.407. The van der Waals surface area contributed by atoms with E-state index in [4.69, 9.17) is 27.9 Å². The first-order valence-corrected chi connectivity index (χ1v) is 10.6. The molecule has 0 amide bonds. The molecule has 0 aliphatic heterocycles. The second-order valence-electron chi connectivity index (χ2n) is 7.69. The van der Waals surface area contributed by atoms with Gasteiger partial charge in [-0.3, -0.25) is 0 Å². The lowest BCUT2D eigenvalue weighted by Gasteiger charge is -2.20. The van der Waals surface area contributed by atoms with Gasteiger partial charge in [-0.05, 0) is 97.8 Å². The van der Waals surface area contributed by atoms with Crippen LogP contribution in [0.2, 0.25) is 10.0 Å². The largest absolute Gasteiger partial charge is 0.456 e. The Balaban J connectivity index is 2.40. The number of alkyl halides is 3. The van der Waals surface area contributed by atoms with Crippen LogP contribution in [0.1, 0.15) is 47.8 Å². The van der Waals surface area contributed by atoms with Gasteiger partial charge in [0.1, 0.15) is 5.60 Å². The van der Waals surface area contributed by atoms with Crippen LogP contribution < -0.4 is 0 Å². The molecule has 0 saturated carbocycles. The van der Waals surface area contributed by atoms with Crippen molar-refractivity contribution >= 4 is 46.5 Å². The molecule has 2 aromatic carbocycles. The Morgan fingerprint density at radius 1 is 1.07 bits per heavy atom. The molecule has 0 aliphatic rings. The number of benzene rings is 2. The summed E-state index contributed by atoms with van der Waals surface area (Å²) < 4.78 is 43.8. The normalized spacial score (nSPS) is 12.8. The molecule has 0 unspecified atom stereocenters. The zero-order valence-corrected chi connectivity index (χ0v) is 19.2. The highest BCUT2D eigenvalue weighted by Crippen LogP contribution is 2.35. The summed E-state index contributed by atoms with van der Waals surface area (Å²) in [4.78, 5) is 12.4. The molecule has 0 aliphatic carbocycles. The van der Waals surface area contributed by atoms with E-state index in [0.717, 1.165) is 5.41 Å². The number of halogens is 5. The number of carbonyl (C=O) groups excluding carboxylic acids is 1. The molecule has 2 rings (SSSR count). The number of aryl methyl sites for hydroxylation is 1. The van der Waals surface area contributed by atoms with Crippen molar-refractivity contribution in [3.8, 4) is 0 Å². The van der Waals surface area contributed by atoms with Crippen LogP contribution in [-0.4, -0.2) is 17.1 Å². The summed E-state index contributed by atoms with van der Waals surface area (Å²) in [6.07, 6.45) is 0.189. The Bertz CT molecular complexity index is 944. The highest BCUT2D eigenvalue weighted by molar-refractivity contribution is 8.03. The molecule has 0 spiro atoms. The van der Waals surface area contributed by atoms with Gasteiger partial charge in [-0.2, -0.15) is 13.2 Å². The predicted octanol–water partition coefficient (Wildman–Crippen LogP) is 8.09. The Morgan fingerprint density at radius 3 is 2.17 bits per heavy atom. The lowest BCUT2D eigenvalue weighted by Crippen LogP contribution is -2.24. The van der Waals surface area contributed by atoms with Crippen molar-refractivity contribution in [3.05, 3.63) is 74.1 Å². The average molecular weight is 477 g/mol. The third-order valence-electron chi connectivity index (χ3n) is 3.87. The topological polar surface area (TPSA) is 26.3 Å². The van der Waals surface area contributed by atoms with E-state index in [1.807, 2.05) is 0 Å². The minimum Gasteiger partial charge on any atom is -0.456 e. The maximum atomic E-state index is 12.8. The van der Waals surface area contributed by atoms with Gasteiger partial charge in [0.15, 0.2) is 0 Å². The van der Waals surface area contributed by atoms with Crippen molar-refractivity contribution in [1.29, 1.82) is 0 Å². The average Bonchev–Trinajstić information content (AvgIpc) is 2.55. The first-order chi connectivity index (χ1) is 13.7. The van der Waals surface area contributed by atoms with Gasteiger partial charge in [-0.1, -0.05) is 35.3 Å². The Labute approximate surface area is 188 Å². The minimum atomic E-state index is -4.41. The number of esters is 1. The van der Waals surface area contributed by atoms with E-state index in [1.165, 1.54) is 0 Å². The predicted molar refractivity (Wildman–Crippen MR) is 118 cm³/mol. The van der Waals surface area contributed by atoms with Crippen LogP contribution in [0.15, 0.2) is 41.8 Å². The minimum absolute atomic E-state index is 0.189. The maximum absolute atomic E-state index is 12.8. The summed E-state index contributed by atoms with van der Waals surface area (Å²) in [7, 11) is 0. The van der Waals surface area contributed by atoms with Gasteiger partial charge in [0, 0.05) is 10.0 Å². The molecule has 0 atom stereocenters. The number of thioether (sulfide) groups is 1. The second kappa shape index (κ2) is 9.67. The van der Waals surface area contributed by atoms with Gasteiger partial charge in [0.05, 0.1) is 5.56 Å². The summed E-state index contributed by atoms with van der Waals surface area (Å²) in [6.45, 7) is 7.01. The first-order valence-electron chi connectivity index (χ1n) is 8.96. The molecule has 0 fully saturated rings. The zero-order valence-electron chi connectivity index (χ0n) is 16.9. The fourth-order valence-electron chi connectivity index (χ4n) is 2.71. The molecule has 0 N–H and O–H groups in total. The summed E-state index contributed by atoms with van der Waals surface area (Å²) in [5.41, 5.74) is -2.43. The lowest BCUT2D eigenvalue weighted by atomic mass is 9.96. The van der Waals surface area contributed by atoms with Crippen LogP contribution in [-0.2, 0) is 11.2 Å². The number of hydrogen-bond donors (Lipinski definition) is 0. The standard InChI is InChI=1S/C22H21Cl2F3O2S/c1-13-7-15(5-6-19(13)20(28)29-21(2,3)4)16(12-30-22(25,26)27)8-14-9-17(23)11-18(24)10-14/h5-7,9-12H,8H2,1-4H3/b16-12+. The van der Waals surface area contributed by atoms with E-state index in [1.54, 1.807) is 64.1 Å². The summed E-state index contributed by atoms with van der Waals surface area (Å²) in [6, 6.07) is 9.72. The molecule has 8 heteroatoms. The van der Waals surface area contributed by atoms with Crippen LogP contribution in [0.5, 0.6) is 0 Å². The highest BCUT2D eigenvalue weighted by atomic mass is 35.5. The Kier molecular flexibility index (Phi) is 7.94. The Morgan fingerprint density at radius 2 is 1.67 bits per heavy atom. The highest BCUT2D eigenvalue weighted by Gasteiger charge is 2.27. The third-order valence-corrected chi connectivity index (χ3v) is 4.97. The van der Waals surface area contributed by atoms with Gasteiger partial charge < -0.3 is 4.74 Å². The lowest BCUT2D eigenvalue weighted by molar-refractivity contribution is -0.0320. The smallest absolute Gasteiger partial charge is 0.445 e. The van der Waals surface area contributed by atoms with E-state index in [0.29, 0.717) is 37.9 Å². The fraction of sp³-hybridized carbons (Fsp3) is 0.318. The van der Waals surface area contributed by atoms with E-state index < -0.39 is 17.1 Å². The van der Waals surface area contributed by atoms with Crippen LogP contribution in [0.4, 0.5) is 13.2 Å². The summed E-state index contributed by atoms with van der Waals surface area (Å²) in [5.74, 6) is -0.483. The van der Waals surface area contributed by atoms with Crippen molar-refractivity contribution in [1.82, 2.24) is 0 Å². The zero-order chi connectivity index (χ0) is 22.7. The van der Waals surface area contributed by atoms with Crippen molar-refractivity contribution in [2.45, 2.75) is 45.2 Å². The number of ether oxygens (including phenoxy) is 1. The van der Waals surface area contributed by atoms with Crippen LogP contribution in [0.3, 0.4) is 0 Å². The molecule has 2 nitrogen and oxygen atoms in total. The van der Waals surface area contributed by atoms with Gasteiger partial charge >= 0.3 is 11.5 Å². The second-order valence-corrected chi connectivity index (χ2v) is 9.50. The molecule has 30 heavy (non-hydrogen) atoms. The van der Waals surface area contributed by atoms with E-state index in [9.17, 15) is 18.0 Å². The van der Waals surface area contributed by atoms with Crippen molar-refractivity contribution in [2.75, 3.05) is 0 Å². The van der Waals surface area contributed by atoms with Crippen LogP contribution in [0, 0.1) is 6.92 Å². The number of rotatable bonds is 5. The number of allylic oxidation sites excluding steroid dienone is 1. The third kappa shape index (κ3) is 7.89. The van der Waals surface area contributed by atoms with E-state index in [2.05, 4.69) is 0 Å². The number of carbonyl (C=O) groups is 1. The monoisotopic (exact) mass is 476 g/mol. The molecule has 0 bridgehead atoms. The molecule has 2 aromatic rings. The molecule has 0 heterocycles. The molecule has 0 aromatic heterocycles. The molecule has 0 saturated heterocycles. The molecular formula is C22H21Cl2F3O2S. The van der Waals surface area contributed by atoms with Gasteiger partial charge in [-0.25, -0.2) is 4.79 Å². The molecular weight excluding hydrogens is 456 g/mol. The van der Waals surface area contributed by atoms with E-state index in [-0.39, 0.29) is 18.2 Å². The van der Waals surface area contributed by atoms with Gasteiger partial charge in [0.25, 0.3) is 0 Å². The van der Waals surface area contributed by atoms with Crippen LogP contribution >= 0.6 is 35.0 Å². The van der Waals surface area contributed by atoms with Crippen molar-refractivity contribution < 1.29 is 22.7 Å². The first kappa shape index (κ1) is 24.6. The molecule has 162 valence electrons. The summed E-state index contributed by atoms with van der Waals surface area (Å²) in [5, 5.41) is 1.87. The number of hydrogen-bond acceptors (Lipinski definition) is 3. The van der Waals surface area contributed by atoms with Crippen molar-refractivity contribution in [2.24, 2.45) is 0 Å². The van der Waals surface area contributed by atoms with Gasteiger partial charge in [0.2, 0.25) is 0 Å². The molecule has 0 radical (unpaired) electrons. The Hall–Kier alpha value is -1.63. The van der Waals surface area contributed by atoms with Crippen LogP contribution in [0.25, 0.3) is 5.57 Å². The van der Waals surface area contributed by atoms with Gasteiger partial charge in [-0.15, -0.1) is 0 Å². The maximum Gasteiger partial charge on any atom is 0.445 e. The van der Waals surface area contributed by atoms with E-state index >= 15 is 0 Å². The SMILES string of the molecule is Cc1cc(/C(=C/SC(F)(F)F)Cc2cc(Cl)cc(Cl)c2)ccc1C(=O)OC(C)(C)C. The fourth-order valence-corrected chi connectivity index (χ4v) is 3.77. The summed E-state index contributed by atoms with van der Waals surface area (Å²) >= 11 is 11.8. The van der Waals surface area contributed by atoms with Crippen molar-refractivity contribution in [3.63, 3.8) is 0 Å².